The maximum atomic E-state index is 13.0. The minimum Gasteiger partial charge on any atom is -0.276 e. The molecule has 0 aliphatic rings. The second-order valence-corrected chi connectivity index (χ2v) is 2.42. The summed E-state index contributed by atoms with van der Waals surface area (Å²) in [5, 5.41) is 6.46. The molecule has 0 unspecified atom stereocenters. The van der Waals surface area contributed by atoms with Crippen molar-refractivity contribution in [1.29, 1.82) is 0 Å². The summed E-state index contributed by atoms with van der Waals surface area (Å²) in [5.41, 5.74) is 0.548. The van der Waals surface area contributed by atoms with Crippen LogP contribution >= 0.6 is 11.6 Å². The molecular weight excluding hydrogens is 169 g/mol. The predicted molar refractivity (Wildman–Crippen MR) is 38.9 cm³/mol. The maximum Gasteiger partial charge on any atom is 0.171 e. The van der Waals surface area contributed by atoms with Gasteiger partial charge in [-0.05, 0) is 0 Å². The van der Waals surface area contributed by atoms with Crippen molar-refractivity contribution in [2.75, 3.05) is 0 Å². The van der Waals surface area contributed by atoms with Crippen LogP contribution in [-0.2, 0) is 0 Å². The Morgan fingerprint density at radius 2 is 2.27 bits per heavy atom. The quantitative estimate of drug-likeness (QED) is 0.614. The third-order valence-corrected chi connectivity index (χ3v) is 1.66. The fourth-order valence-corrected chi connectivity index (χ4v) is 1.01. The van der Waals surface area contributed by atoms with Crippen LogP contribution in [0.5, 0.6) is 0 Å². The molecule has 2 heterocycles. The monoisotopic (exact) mass is 171 g/mol. The third kappa shape index (κ3) is 0.867. The van der Waals surface area contributed by atoms with Crippen LogP contribution in [0.15, 0.2) is 12.4 Å². The second-order valence-electron chi connectivity index (χ2n) is 2.06. The van der Waals surface area contributed by atoms with E-state index in [9.17, 15) is 4.39 Å². The van der Waals surface area contributed by atoms with Gasteiger partial charge in [0.05, 0.1) is 23.3 Å². The van der Waals surface area contributed by atoms with E-state index in [1.807, 2.05) is 0 Å². The Balaban J connectivity index is 2.93. The van der Waals surface area contributed by atoms with Crippen molar-refractivity contribution >= 4 is 22.5 Å². The van der Waals surface area contributed by atoms with E-state index in [0.29, 0.717) is 10.9 Å². The van der Waals surface area contributed by atoms with Gasteiger partial charge in [-0.3, -0.25) is 5.10 Å². The van der Waals surface area contributed by atoms with E-state index in [2.05, 4.69) is 15.2 Å². The Kier molecular flexibility index (Phi) is 1.29. The van der Waals surface area contributed by atoms with E-state index >= 15 is 0 Å². The number of aromatic nitrogens is 3. The first-order chi connectivity index (χ1) is 5.29. The van der Waals surface area contributed by atoms with Crippen molar-refractivity contribution in [3.05, 3.63) is 23.4 Å². The van der Waals surface area contributed by atoms with Gasteiger partial charge in [0.15, 0.2) is 11.0 Å². The number of hydrogen-bond donors (Lipinski definition) is 1. The Morgan fingerprint density at radius 3 is 3.09 bits per heavy atom. The average Bonchev–Trinajstić information content (AvgIpc) is 2.45. The first-order valence-electron chi connectivity index (χ1n) is 2.92. The van der Waals surface area contributed by atoms with Gasteiger partial charge in [0.1, 0.15) is 0 Å². The molecule has 2 rings (SSSR count). The molecule has 11 heavy (non-hydrogen) atoms. The lowest BCUT2D eigenvalue weighted by Gasteiger charge is -1.91. The van der Waals surface area contributed by atoms with E-state index in [-0.39, 0.29) is 5.15 Å². The summed E-state index contributed by atoms with van der Waals surface area (Å²) < 4.78 is 13.0. The SMILES string of the molecule is Fc1c(Cl)ncc2[nH]ncc12. The molecule has 0 radical (unpaired) electrons. The number of hydrogen-bond acceptors (Lipinski definition) is 2. The summed E-state index contributed by atoms with van der Waals surface area (Å²) in [6, 6.07) is 0. The molecule has 1 N–H and O–H groups in total. The number of aromatic amines is 1. The molecule has 2 aromatic rings. The zero-order valence-electron chi connectivity index (χ0n) is 5.31. The fraction of sp³-hybridized carbons (Fsp3) is 0. The molecule has 56 valence electrons. The molecule has 0 aromatic carbocycles. The molecule has 0 aliphatic carbocycles. The van der Waals surface area contributed by atoms with Gasteiger partial charge in [0.2, 0.25) is 0 Å². The molecule has 0 saturated carbocycles. The topological polar surface area (TPSA) is 41.6 Å². The van der Waals surface area contributed by atoms with Gasteiger partial charge in [-0.1, -0.05) is 11.6 Å². The van der Waals surface area contributed by atoms with E-state index in [1.165, 1.54) is 12.4 Å². The molecule has 0 amide bonds. The minimum absolute atomic E-state index is 0.126. The molecule has 0 fully saturated rings. The van der Waals surface area contributed by atoms with Crippen molar-refractivity contribution < 1.29 is 4.39 Å². The molecule has 0 bridgehead atoms. The third-order valence-electron chi connectivity index (χ3n) is 1.39. The number of rotatable bonds is 0. The maximum absolute atomic E-state index is 13.0. The summed E-state index contributed by atoms with van der Waals surface area (Å²) in [5.74, 6) is -0.530. The van der Waals surface area contributed by atoms with E-state index in [4.69, 9.17) is 11.6 Å². The van der Waals surface area contributed by atoms with E-state index < -0.39 is 5.82 Å². The summed E-state index contributed by atoms with van der Waals surface area (Å²) in [6.45, 7) is 0. The molecule has 0 spiro atoms. The van der Waals surface area contributed by atoms with Crippen LogP contribution in [0.1, 0.15) is 0 Å². The van der Waals surface area contributed by atoms with Gasteiger partial charge in [-0.15, -0.1) is 0 Å². The second kappa shape index (κ2) is 2.17. The van der Waals surface area contributed by atoms with E-state index in [0.717, 1.165) is 0 Å². The molecule has 0 atom stereocenters. The van der Waals surface area contributed by atoms with Gasteiger partial charge in [0.25, 0.3) is 0 Å². The highest BCUT2D eigenvalue weighted by Gasteiger charge is 2.06. The summed E-state index contributed by atoms with van der Waals surface area (Å²) in [7, 11) is 0. The molecule has 0 saturated heterocycles. The van der Waals surface area contributed by atoms with Crippen molar-refractivity contribution in [2.45, 2.75) is 0 Å². The Labute approximate surface area is 66.2 Å². The smallest absolute Gasteiger partial charge is 0.171 e. The lowest BCUT2D eigenvalue weighted by molar-refractivity contribution is 0.634. The number of nitrogens with one attached hydrogen (secondary N) is 1. The molecular formula is C6H3ClFN3. The highest BCUT2D eigenvalue weighted by molar-refractivity contribution is 6.30. The van der Waals surface area contributed by atoms with Gasteiger partial charge in [-0.2, -0.15) is 5.10 Å². The predicted octanol–water partition coefficient (Wildman–Crippen LogP) is 1.75. The molecule has 3 nitrogen and oxygen atoms in total. The van der Waals surface area contributed by atoms with Crippen LogP contribution in [0.4, 0.5) is 4.39 Å². The van der Waals surface area contributed by atoms with Crippen LogP contribution < -0.4 is 0 Å². The number of pyridine rings is 1. The fourth-order valence-electron chi connectivity index (χ4n) is 0.858. The summed E-state index contributed by atoms with van der Waals surface area (Å²) in [4.78, 5) is 3.60. The minimum atomic E-state index is -0.530. The first kappa shape index (κ1) is 6.54. The van der Waals surface area contributed by atoms with Gasteiger partial charge in [0, 0.05) is 0 Å². The van der Waals surface area contributed by atoms with Gasteiger partial charge < -0.3 is 0 Å². The lowest BCUT2D eigenvalue weighted by Crippen LogP contribution is -1.82. The standard InChI is InChI=1S/C6H3ClFN3/c7-6-5(8)3-1-10-11-4(3)2-9-6/h1-2H,(H,10,11). The van der Waals surface area contributed by atoms with Crippen molar-refractivity contribution in [3.63, 3.8) is 0 Å². The Morgan fingerprint density at radius 1 is 1.45 bits per heavy atom. The van der Waals surface area contributed by atoms with Gasteiger partial charge in [-0.25, -0.2) is 9.37 Å². The van der Waals surface area contributed by atoms with Crippen molar-refractivity contribution in [2.24, 2.45) is 0 Å². The normalized spacial score (nSPS) is 10.7. The zero-order valence-corrected chi connectivity index (χ0v) is 6.06. The Hall–Kier alpha value is -1.16. The summed E-state index contributed by atoms with van der Waals surface area (Å²) >= 11 is 5.42. The van der Waals surface area contributed by atoms with Crippen LogP contribution in [-0.4, -0.2) is 15.2 Å². The number of H-pyrrole nitrogens is 1. The van der Waals surface area contributed by atoms with Crippen molar-refractivity contribution in [3.8, 4) is 0 Å². The van der Waals surface area contributed by atoms with Crippen LogP contribution in [0, 0.1) is 5.82 Å². The number of nitrogens with zero attached hydrogens (tertiary/aromatic N) is 2. The summed E-state index contributed by atoms with van der Waals surface area (Å²) in [6.07, 6.45) is 2.81. The van der Waals surface area contributed by atoms with Crippen LogP contribution in [0.25, 0.3) is 10.9 Å². The highest BCUT2D eigenvalue weighted by atomic mass is 35.5. The van der Waals surface area contributed by atoms with Gasteiger partial charge >= 0.3 is 0 Å². The Bertz CT molecular complexity index is 398. The number of fused-ring (bicyclic) bond motifs is 1. The van der Waals surface area contributed by atoms with Crippen LogP contribution in [0.3, 0.4) is 0 Å². The lowest BCUT2D eigenvalue weighted by atomic mass is 10.3. The highest BCUT2D eigenvalue weighted by Crippen LogP contribution is 2.19. The average molecular weight is 172 g/mol. The first-order valence-corrected chi connectivity index (χ1v) is 3.30. The van der Waals surface area contributed by atoms with E-state index in [1.54, 1.807) is 0 Å². The number of halogens is 2. The van der Waals surface area contributed by atoms with Crippen molar-refractivity contribution in [1.82, 2.24) is 15.2 Å². The molecule has 5 heteroatoms. The zero-order chi connectivity index (χ0) is 7.84. The molecule has 2 aromatic heterocycles. The largest absolute Gasteiger partial charge is 0.276 e. The molecule has 0 aliphatic heterocycles. The van der Waals surface area contributed by atoms with Crippen LogP contribution in [0.2, 0.25) is 5.15 Å².